The van der Waals surface area contributed by atoms with Crippen molar-refractivity contribution in [2.24, 2.45) is 5.92 Å². The predicted octanol–water partition coefficient (Wildman–Crippen LogP) is 2.42. The zero-order valence-corrected chi connectivity index (χ0v) is 14.8. The van der Waals surface area contributed by atoms with E-state index in [9.17, 15) is 19.5 Å². The number of aliphatic carboxylic acids is 1. The minimum atomic E-state index is -0.953. The number of carbonyl (C=O) groups excluding carboxylic acids is 1. The van der Waals surface area contributed by atoms with Crippen LogP contribution < -0.4 is 10.4 Å². The molecule has 0 radical (unpaired) electrons. The Labute approximate surface area is 155 Å². The molecule has 1 aliphatic heterocycles. The molecule has 2 aliphatic rings. The molecule has 7 nitrogen and oxygen atoms in total. The molecule has 3 unspecified atom stereocenters. The highest BCUT2D eigenvalue weighted by atomic mass is 16.5. The van der Waals surface area contributed by atoms with E-state index in [2.05, 4.69) is 0 Å². The topological polar surface area (TPSA) is 97.0 Å². The summed E-state index contributed by atoms with van der Waals surface area (Å²) in [6.45, 7) is -0.241. The summed E-state index contributed by atoms with van der Waals surface area (Å²) in [7, 11) is 0. The Morgan fingerprint density at radius 3 is 2.78 bits per heavy atom. The lowest BCUT2D eigenvalue weighted by Gasteiger charge is -2.32. The van der Waals surface area contributed by atoms with Crippen LogP contribution in [0, 0.1) is 5.92 Å². The first kappa shape index (κ1) is 17.6. The minimum absolute atomic E-state index is 0.00873. The van der Waals surface area contributed by atoms with Crippen LogP contribution in [-0.4, -0.2) is 40.6 Å². The second-order valence-electron chi connectivity index (χ2n) is 7.25. The van der Waals surface area contributed by atoms with E-state index in [4.69, 9.17) is 9.15 Å². The van der Waals surface area contributed by atoms with Crippen LogP contribution in [0.1, 0.15) is 32.1 Å². The maximum atomic E-state index is 12.8. The van der Waals surface area contributed by atoms with E-state index in [1.807, 2.05) is 0 Å². The number of fused-ring (bicyclic) bond motifs is 2. The predicted molar refractivity (Wildman–Crippen MR) is 96.6 cm³/mol. The van der Waals surface area contributed by atoms with Crippen LogP contribution >= 0.6 is 0 Å². The number of amides is 1. The van der Waals surface area contributed by atoms with Gasteiger partial charge in [-0.1, -0.05) is 12.8 Å². The van der Waals surface area contributed by atoms with Crippen LogP contribution in [0.3, 0.4) is 0 Å². The van der Waals surface area contributed by atoms with Gasteiger partial charge >= 0.3 is 11.6 Å². The van der Waals surface area contributed by atoms with Crippen LogP contribution in [0.15, 0.2) is 39.5 Å². The van der Waals surface area contributed by atoms with Gasteiger partial charge in [0, 0.05) is 23.6 Å². The van der Waals surface area contributed by atoms with Gasteiger partial charge in [0.2, 0.25) is 0 Å². The Hall–Kier alpha value is -2.83. The van der Waals surface area contributed by atoms with Gasteiger partial charge in [0.1, 0.15) is 17.4 Å². The third kappa shape index (κ3) is 3.41. The molecule has 27 heavy (non-hydrogen) atoms. The fourth-order valence-corrected chi connectivity index (χ4v) is 4.39. The first-order valence-electron chi connectivity index (χ1n) is 9.23. The van der Waals surface area contributed by atoms with Crippen LogP contribution in [0.5, 0.6) is 5.75 Å². The molecule has 2 aromatic rings. The number of hydrogen-bond acceptors (Lipinski definition) is 5. The third-order valence-electron chi connectivity index (χ3n) is 5.62. The van der Waals surface area contributed by atoms with Crippen molar-refractivity contribution in [2.75, 3.05) is 6.61 Å². The summed E-state index contributed by atoms with van der Waals surface area (Å²) < 4.78 is 10.7. The molecule has 142 valence electrons. The van der Waals surface area contributed by atoms with E-state index in [0.29, 0.717) is 17.8 Å². The maximum absolute atomic E-state index is 12.8. The van der Waals surface area contributed by atoms with Gasteiger partial charge in [-0.15, -0.1) is 0 Å². The zero-order chi connectivity index (χ0) is 19.0. The van der Waals surface area contributed by atoms with Gasteiger partial charge in [-0.25, -0.2) is 9.59 Å². The van der Waals surface area contributed by atoms with Crippen molar-refractivity contribution >= 4 is 22.8 Å². The molecule has 2 heterocycles. The summed E-state index contributed by atoms with van der Waals surface area (Å²) in [4.78, 5) is 37.3. The molecule has 1 N–H and O–H groups in total. The first-order chi connectivity index (χ1) is 13.0. The average Bonchev–Trinajstić information content (AvgIpc) is 3.05. The Bertz CT molecular complexity index is 935. The van der Waals surface area contributed by atoms with Gasteiger partial charge < -0.3 is 19.2 Å². The molecule has 1 aliphatic carbocycles. The number of benzene rings is 1. The lowest BCUT2D eigenvalue weighted by Crippen LogP contribution is -2.48. The highest BCUT2D eigenvalue weighted by Gasteiger charge is 2.47. The third-order valence-corrected chi connectivity index (χ3v) is 5.62. The van der Waals surface area contributed by atoms with E-state index in [1.54, 1.807) is 24.3 Å². The van der Waals surface area contributed by atoms with Gasteiger partial charge in [-0.2, -0.15) is 0 Å². The van der Waals surface area contributed by atoms with E-state index in [1.165, 1.54) is 11.0 Å². The number of carboxylic acid groups (broad SMARTS) is 1. The molecule has 1 aromatic carbocycles. The van der Waals surface area contributed by atoms with Crippen LogP contribution in [0.2, 0.25) is 0 Å². The summed E-state index contributed by atoms with van der Waals surface area (Å²) in [6.07, 6.45) is 4.45. The summed E-state index contributed by atoms with van der Waals surface area (Å²) in [5.41, 5.74) is -0.0789. The molecule has 1 aromatic heterocycles. The van der Waals surface area contributed by atoms with Gasteiger partial charge in [0.25, 0.3) is 5.91 Å². The molecule has 0 bridgehead atoms. The van der Waals surface area contributed by atoms with Crippen molar-refractivity contribution in [3.05, 3.63) is 40.8 Å². The average molecular weight is 371 g/mol. The van der Waals surface area contributed by atoms with Crippen molar-refractivity contribution < 1.29 is 23.8 Å². The van der Waals surface area contributed by atoms with E-state index in [-0.39, 0.29) is 24.5 Å². The highest BCUT2D eigenvalue weighted by Crippen LogP contribution is 2.39. The van der Waals surface area contributed by atoms with E-state index in [0.717, 1.165) is 31.1 Å². The number of nitrogens with zero attached hydrogens (tertiary/aromatic N) is 1. The Morgan fingerprint density at radius 1 is 1.19 bits per heavy atom. The Kier molecular flexibility index (Phi) is 4.59. The number of ether oxygens (including phenoxy) is 1. The first-order valence-corrected chi connectivity index (χ1v) is 9.23. The zero-order valence-electron chi connectivity index (χ0n) is 14.8. The SMILES string of the molecule is O=C(O)C1CC2CCCCC2N1C(=O)COc1ccc2ccc(=O)oc2c1. The summed E-state index contributed by atoms with van der Waals surface area (Å²) in [5, 5.41) is 10.3. The summed E-state index contributed by atoms with van der Waals surface area (Å²) >= 11 is 0. The smallest absolute Gasteiger partial charge is 0.336 e. The Balaban J connectivity index is 1.49. The van der Waals surface area contributed by atoms with Gasteiger partial charge in [0.15, 0.2) is 6.61 Å². The van der Waals surface area contributed by atoms with Crippen LogP contribution in [0.4, 0.5) is 0 Å². The van der Waals surface area contributed by atoms with Crippen molar-refractivity contribution in [1.82, 2.24) is 4.90 Å². The molecular formula is C20H21NO6. The summed E-state index contributed by atoms with van der Waals surface area (Å²) in [5.74, 6) is -0.605. The second kappa shape index (κ2) is 7.06. The fourth-order valence-electron chi connectivity index (χ4n) is 4.39. The molecular weight excluding hydrogens is 350 g/mol. The molecule has 2 fully saturated rings. The molecule has 1 saturated heterocycles. The Morgan fingerprint density at radius 2 is 1.96 bits per heavy atom. The number of carbonyl (C=O) groups is 2. The normalized spacial score (nSPS) is 24.6. The largest absolute Gasteiger partial charge is 0.484 e. The van der Waals surface area contributed by atoms with Crippen LogP contribution in [-0.2, 0) is 9.59 Å². The lowest BCUT2D eigenvalue weighted by atomic mass is 9.85. The van der Waals surface area contributed by atoms with Crippen molar-refractivity contribution in [3.8, 4) is 5.75 Å². The number of likely N-dealkylation sites (tertiary alicyclic amines) is 1. The molecule has 7 heteroatoms. The maximum Gasteiger partial charge on any atom is 0.336 e. The van der Waals surface area contributed by atoms with Gasteiger partial charge in [-0.05, 0) is 43.4 Å². The fraction of sp³-hybridized carbons (Fsp3) is 0.450. The van der Waals surface area contributed by atoms with Crippen LogP contribution in [0.25, 0.3) is 11.0 Å². The molecule has 4 rings (SSSR count). The minimum Gasteiger partial charge on any atom is -0.484 e. The van der Waals surface area contributed by atoms with Crippen molar-refractivity contribution in [3.63, 3.8) is 0 Å². The van der Waals surface area contributed by atoms with Gasteiger partial charge in [0.05, 0.1) is 0 Å². The lowest BCUT2D eigenvalue weighted by molar-refractivity contribution is -0.150. The highest BCUT2D eigenvalue weighted by molar-refractivity contribution is 5.86. The summed E-state index contributed by atoms with van der Waals surface area (Å²) in [6, 6.07) is 7.21. The van der Waals surface area contributed by atoms with Crippen molar-refractivity contribution in [1.29, 1.82) is 0 Å². The quantitative estimate of drug-likeness (QED) is 0.829. The molecule has 1 saturated carbocycles. The van der Waals surface area contributed by atoms with Gasteiger partial charge in [-0.3, -0.25) is 4.79 Å². The monoisotopic (exact) mass is 371 g/mol. The standard InChI is InChI=1S/C20H21NO6/c22-18(21-15-4-2-1-3-13(15)9-16(21)20(24)25)11-26-14-7-5-12-6-8-19(23)27-17(12)10-14/h5-8,10,13,15-16H,1-4,9,11H2,(H,24,25). The van der Waals surface area contributed by atoms with E-state index < -0.39 is 17.6 Å². The second-order valence-corrected chi connectivity index (χ2v) is 7.25. The number of hydrogen-bond donors (Lipinski definition) is 1. The number of rotatable bonds is 4. The van der Waals surface area contributed by atoms with E-state index >= 15 is 0 Å². The molecule has 3 atom stereocenters. The molecule has 0 spiro atoms. The van der Waals surface area contributed by atoms with Crippen molar-refractivity contribution in [2.45, 2.75) is 44.2 Å². The number of carboxylic acids is 1. The molecule has 1 amide bonds.